The molecule has 8 heteroatoms. The molecule has 0 bridgehead atoms. The predicted molar refractivity (Wildman–Crippen MR) is 140 cm³/mol. The summed E-state index contributed by atoms with van der Waals surface area (Å²) in [5, 5.41) is 8.61. The first-order valence-electron chi connectivity index (χ1n) is 12.0. The quantitative estimate of drug-likeness (QED) is 0.507. The molecule has 1 aliphatic carbocycles. The molecule has 180 valence electrons. The summed E-state index contributed by atoms with van der Waals surface area (Å²) in [6.45, 7) is 7.92. The van der Waals surface area contributed by atoms with Gasteiger partial charge in [0.1, 0.15) is 5.82 Å². The molecule has 1 saturated heterocycles. The number of morpholine rings is 1. The van der Waals surface area contributed by atoms with Crippen molar-refractivity contribution in [1.82, 2.24) is 9.55 Å². The number of anilines is 4. The normalized spacial score (nSPS) is 21.5. The third-order valence-corrected chi connectivity index (χ3v) is 7.12. The Morgan fingerprint density at radius 1 is 1.12 bits per heavy atom. The van der Waals surface area contributed by atoms with E-state index in [1.165, 1.54) is 12.8 Å². The van der Waals surface area contributed by atoms with Crippen LogP contribution in [0, 0.1) is 5.92 Å². The van der Waals surface area contributed by atoms with E-state index in [9.17, 15) is 4.79 Å². The van der Waals surface area contributed by atoms with Gasteiger partial charge in [-0.15, -0.1) is 0 Å². The number of fused-ring (bicyclic) bond motifs is 1. The Morgan fingerprint density at radius 3 is 2.56 bits per heavy atom. The van der Waals surface area contributed by atoms with E-state index in [4.69, 9.17) is 16.3 Å². The minimum absolute atomic E-state index is 0.0190. The van der Waals surface area contributed by atoms with Gasteiger partial charge in [0.25, 0.3) is 5.56 Å². The topological polar surface area (TPSA) is 71.4 Å². The third kappa shape index (κ3) is 4.72. The van der Waals surface area contributed by atoms with E-state index in [0.717, 1.165) is 46.9 Å². The fraction of sp³-hybridized carbons (Fsp3) is 0.462. The van der Waals surface area contributed by atoms with Gasteiger partial charge in [-0.3, -0.25) is 4.79 Å². The van der Waals surface area contributed by atoms with Crippen molar-refractivity contribution in [2.75, 3.05) is 28.6 Å². The first-order chi connectivity index (χ1) is 16.3. The molecular weight excluding hydrogens is 450 g/mol. The van der Waals surface area contributed by atoms with Crippen molar-refractivity contribution in [3.8, 4) is 0 Å². The van der Waals surface area contributed by atoms with E-state index in [-0.39, 0.29) is 17.8 Å². The molecule has 1 aromatic carbocycles. The van der Waals surface area contributed by atoms with Crippen LogP contribution in [0.4, 0.5) is 22.9 Å². The summed E-state index contributed by atoms with van der Waals surface area (Å²) >= 11 is 6.52. The maximum absolute atomic E-state index is 12.5. The highest BCUT2D eigenvalue weighted by atomic mass is 35.5. The molecule has 1 saturated carbocycles. The number of halogens is 1. The number of aromatic nitrogens is 2. The maximum Gasteiger partial charge on any atom is 0.252 e. The van der Waals surface area contributed by atoms with E-state index in [1.807, 2.05) is 25.2 Å². The molecule has 2 N–H and O–H groups in total. The average molecular weight is 482 g/mol. The summed E-state index contributed by atoms with van der Waals surface area (Å²) in [5.74, 6) is 1.55. The molecule has 0 radical (unpaired) electrons. The lowest BCUT2D eigenvalue weighted by Gasteiger charge is -2.36. The highest BCUT2D eigenvalue weighted by molar-refractivity contribution is 6.33. The molecule has 3 heterocycles. The first kappa shape index (κ1) is 23.0. The van der Waals surface area contributed by atoms with Crippen molar-refractivity contribution >= 4 is 45.4 Å². The molecule has 3 aromatic rings. The summed E-state index contributed by atoms with van der Waals surface area (Å²) in [7, 11) is 1.81. The van der Waals surface area contributed by atoms with Crippen LogP contribution in [0.1, 0.15) is 33.6 Å². The number of pyridine rings is 2. The van der Waals surface area contributed by atoms with Gasteiger partial charge >= 0.3 is 0 Å². The van der Waals surface area contributed by atoms with Crippen LogP contribution < -0.4 is 21.1 Å². The van der Waals surface area contributed by atoms with Crippen LogP contribution in [-0.4, -0.2) is 40.9 Å². The molecule has 34 heavy (non-hydrogen) atoms. The van der Waals surface area contributed by atoms with Crippen LogP contribution in [0.2, 0.25) is 5.02 Å². The molecule has 0 spiro atoms. The molecule has 2 aromatic heterocycles. The van der Waals surface area contributed by atoms with Gasteiger partial charge in [0.2, 0.25) is 0 Å². The smallest absolute Gasteiger partial charge is 0.252 e. The van der Waals surface area contributed by atoms with Crippen molar-refractivity contribution in [2.45, 2.75) is 51.9 Å². The summed E-state index contributed by atoms with van der Waals surface area (Å²) < 4.78 is 7.55. The Bertz CT molecular complexity index is 1260. The van der Waals surface area contributed by atoms with Gasteiger partial charge in [-0.25, -0.2) is 4.98 Å². The highest BCUT2D eigenvalue weighted by Gasteiger charge is 2.28. The van der Waals surface area contributed by atoms with Gasteiger partial charge < -0.3 is 24.8 Å². The van der Waals surface area contributed by atoms with Gasteiger partial charge in [-0.2, -0.15) is 0 Å². The van der Waals surface area contributed by atoms with Gasteiger partial charge in [0.15, 0.2) is 0 Å². The number of nitrogens with one attached hydrogen (secondary N) is 2. The molecule has 3 atom stereocenters. The first-order valence-corrected chi connectivity index (χ1v) is 12.4. The number of hydrogen-bond acceptors (Lipinski definition) is 6. The molecule has 0 amide bonds. The number of rotatable bonds is 6. The van der Waals surface area contributed by atoms with Crippen LogP contribution in [0.5, 0.6) is 0 Å². The third-order valence-electron chi connectivity index (χ3n) is 6.82. The zero-order valence-electron chi connectivity index (χ0n) is 20.1. The second-order valence-corrected chi connectivity index (χ2v) is 10.2. The summed E-state index contributed by atoms with van der Waals surface area (Å²) in [4.78, 5) is 19.3. The number of ether oxygens (including phenoxy) is 1. The second kappa shape index (κ2) is 9.12. The van der Waals surface area contributed by atoms with E-state index >= 15 is 0 Å². The standard InChI is InChI=1S/C26H32ClN5O2/c1-15-13-32(14-16(2)34-15)25-10-23(21(27)12-28-25)30-19-7-8-24-20(9-19)22(11-26(33)31(24)4)29-17(3)18-5-6-18/h7-12,15-18,29H,5-6,13-14H2,1-4H3,(H,28,30)/t15-,16+,17-/m1/s1. The fourth-order valence-electron chi connectivity index (χ4n) is 4.83. The van der Waals surface area contributed by atoms with Crippen LogP contribution in [-0.2, 0) is 11.8 Å². The lowest BCUT2D eigenvalue weighted by atomic mass is 10.1. The van der Waals surface area contributed by atoms with Crippen molar-refractivity contribution < 1.29 is 4.74 Å². The lowest BCUT2D eigenvalue weighted by molar-refractivity contribution is -0.00545. The monoisotopic (exact) mass is 481 g/mol. The zero-order chi connectivity index (χ0) is 24.0. The highest BCUT2D eigenvalue weighted by Crippen LogP contribution is 2.36. The predicted octanol–water partition coefficient (Wildman–Crippen LogP) is 5.15. The van der Waals surface area contributed by atoms with Gasteiger partial charge in [-0.05, 0) is 57.7 Å². The van der Waals surface area contributed by atoms with E-state index in [2.05, 4.69) is 47.4 Å². The summed E-state index contributed by atoms with van der Waals surface area (Å²) in [6, 6.07) is 10.1. The molecule has 1 aliphatic heterocycles. The molecule has 0 unspecified atom stereocenters. The second-order valence-electron chi connectivity index (χ2n) is 9.77. The number of aryl methyl sites for hydroxylation is 1. The van der Waals surface area contributed by atoms with E-state index < -0.39 is 0 Å². The maximum atomic E-state index is 12.5. The van der Waals surface area contributed by atoms with Crippen LogP contribution in [0.3, 0.4) is 0 Å². The summed E-state index contributed by atoms with van der Waals surface area (Å²) in [6.07, 6.45) is 4.47. The Kier molecular flexibility index (Phi) is 6.16. The van der Waals surface area contributed by atoms with Crippen molar-refractivity contribution in [3.05, 3.63) is 51.9 Å². The van der Waals surface area contributed by atoms with Crippen LogP contribution >= 0.6 is 11.6 Å². The fourth-order valence-corrected chi connectivity index (χ4v) is 4.98. The van der Waals surface area contributed by atoms with Crippen molar-refractivity contribution in [2.24, 2.45) is 13.0 Å². The SMILES string of the molecule is C[C@@H]1CN(c2cc(Nc3ccc4c(c3)c(N[C@H](C)C3CC3)cc(=O)n4C)c(Cl)cn2)C[C@H](C)O1. The van der Waals surface area contributed by atoms with E-state index in [1.54, 1.807) is 16.8 Å². The average Bonchev–Trinajstić information content (AvgIpc) is 3.64. The number of benzene rings is 1. The summed E-state index contributed by atoms with van der Waals surface area (Å²) in [5.41, 5.74) is 3.44. The van der Waals surface area contributed by atoms with Crippen LogP contribution in [0.15, 0.2) is 41.3 Å². The van der Waals surface area contributed by atoms with Crippen molar-refractivity contribution in [1.29, 1.82) is 0 Å². The Morgan fingerprint density at radius 2 is 1.85 bits per heavy atom. The van der Waals surface area contributed by atoms with E-state index in [0.29, 0.717) is 17.0 Å². The number of nitrogens with zero attached hydrogens (tertiary/aromatic N) is 3. The Hall–Kier alpha value is -2.77. The molecule has 2 fully saturated rings. The Balaban J connectivity index is 1.47. The largest absolute Gasteiger partial charge is 0.382 e. The molecular formula is C26H32ClN5O2. The Labute approximate surface area is 205 Å². The minimum Gasteiger partial charge on any atom is -0.382 e. The molecule has 2 aliphatic rings. The van der Waals surface area contributed by atoms with Crippen molar-refractivity contribution in [3.63, 3.8) is 0 Å². The molecule has 7 nitrogen and oxygen atoms in total. The lowest BCUT2D eigenvalue weighted by Crippen LogP contribution is -2.45. The van der Waals surface area contributed by atoms with Crippen LogP contribution in [0.25, 0.3) is 10.9 Å². The van der Waals surface area contributed by atoms with Gasteiger partial charge in [0.05, 0.1) is 34.6 Å². The minimum atomic E-state index is -0.0190. The number of hydrogen-bond donors (Lipinski definition) is 2. The van der Waals surface area contributed by atoms with Gasteiger partial charge in [0, 0.05) is 55.1 Å². The van der Waals surface area contributed by atoms with Gasteiger partial charge in [-0.1, -0.05) is 11.6 Å². The molecule has 5 rings (SSSR count). The zero-order valence-corrected chi connectivity index (χ0v) is 20.9.